The third-order valence-electron chi connectivity index (χ3n) is 4.08. The molecule has 3 rings (SSSR count). The van der Waals surface area contributed by atoms with Crippen LogP contribution in [0.4, 0.5) is 4.39 Å². The molecule has 0 aliphatic carbocycles. The van der Waals surface area contributed by atoms with E-state index < -0.39 is 5.82 Å². The molecule has 7 heteroatoms. The van der Waals surface area contributed by atoms with Gasteiger partial charge in [0.25, 0.3) is 0 Å². The summed E-state index contributed by atoms with van der Waals surface area (Å²) in [6.45, 7) is 0. The van der Waals surface area contributed by atoms with Crippen molar-refractivity contribution in [3.05, 3.63) is 64.7 Å². The van der Waals surface area contributed by atoms with Crippen molar-refractivity contribution >= 4 is 40.3 Å². The first-order valence-corrected chi connectivity index (χ1v) is 10.0. The van der Waals surface area contributed by atoms with Crippen LogP contribution >= 0.6 is 23.4 Å². The lowest BCUT2D eigenvalue weighted by Crippen LogP contribution is -2.31. The number of para-hydroxylation sites is 2. The highest BCUT2D eigenvalue weighted by Gasteiger charge is 2.20. The molecule has 0 radical (unpaired) electrons. The molecule has 136 valence electrons. The number of carbonyl (C=O) groups is 1. The first kappa shape index (κ1) is 18.7. The summed E-state index contributed by atoms with van der Waals surface area (Å²) >= 11 is 7.72. The molecule has 3 aromatic rings. The summed E-state index contributed by atoms with van der Waals surface area (Å²) in [4.78, 5) is 20.3. The van der Waals surface area contributed by atoms with Crippen molar-refractivity contribution in [1.29, 1.82) is 0 Å². The van der Waals surface area contributed by atoms with Gasteiger partial charge >= 0.3 is 0 Å². The number of aromatic nitrogens is 2. The number of carbonyl (C=O) groups excluding carboxylic acids is 1. The smallest absolute Gasteiger partial charge is 0.225 e. The van der Waals surface area contributed by atoms with Crippen LogP contribution in [-0.2, 0) is 11.2 Å². The van der Waals surface area contributed by atoms with E-state index in [1.807, 2.05) is 30.5 Å². The fraction of sp³-hybridized carbons (Fsp3) is 0.263. The number of benzene rings is 2. The van der Waals surface area contributed by atoms with Crippen molar-refractivity contribution in [2.24, 2.45) is 0 Å². The Balaban J connectivity index is 1.78. The van der Waals surface area contributed by atoms with E-state index in [4.69, 9.17) is 11.6 Å². The highest BCUT2D eigenvalue weighted by atomic mass is 35.5. The zero-order valence-corrected chi connectivity index (χ0v) is 15.8. The number of nitrogens with zero attached hydrogens (tertiary/aromatic N) is 1. The molecule has 1 amide bonds. The Labute approximate surface area is 160 Å². The van der Waals surface area contributed by atoms with Gasteiger partial charge in [0.15, 0.2) is 0 Å². The Morgan fingerprint density at radius 1 is 1.31 bits per heavy atom. The summed E-state index contributed by atoms with van der Waals surface area (Å²) in [5.74, 6) is 0.802. The standard InChI is InChI=1S/C19H19ClFN3OS/c1-26-10-9-17(19-23-15-7-2-3-8-16(15)24-19)22-18(25)11-12-13(20)5-4-6-14(12)21/h2-8,17H,9-11H2,1H3,(H,22,25)(H,23,24)/t17-/m0/s1. The van der Waals surface area contributed by atoms with E-state index in [-0.39, 0.29) is 29.0 Å². The zero-order valence-electron chi connectivity index (χ0n) is 14.3. The molecule has 1 heterocycles. The molecule has 0 unspecified atom stereocenters. The maximum atomic E-state index is 13.9. The number of hydrogen-bond donors (Lipinski definition) is 2. The monoisotopic (exact) mass is 391 g/mol. The zero-order chi connectivity index (χ0) is 18.5. The van der Waals surface area contributed by atoms with Crippen molar-refractivity contribution < 1.29 is 9.18 Å². The summed E-state index contributed by atoms with van der Waals surface area (Å²) in [5.41, 5.74) is 1.98. The highest BCUT2D eigenvalue weighted by molar-refractivity contribution is 7.98. The lowest BCUT2D eigenvalue weighted by molar-refractivity contribution is -0.121. The molecule has 0 bridgehead atoms. The third kappa shape index (κ3) is 4.37. The molecular weight excluding hydrogens is 373 g/mol. The average Bonchev–Trinajstić information content (AvgIpc) is 3.06. The Morgan fingerprint density at radius 2 is 2.12 bits per heavy atom. The largest absolute Gasteiger partial charge is 0.346 e. The molecule has 2 N–H and O–H groups in total. The lowest BCUT2D eigenvalue weighted by Gasteiger charge is -2.17. The number of thioether (sulfide) groups is 1. The normalized spacial score (nSPS) is 12.3. The maximum absolute atomic E-state index is 13.9. The van der Waals surface area contributed by atoms with Gasteiger partial charge in [0, 0.05) is 10.6 Å². The van der Waals surface area contributed by atoms with Crippen molar-refractivity contribution in [2.45, 2.75) is 18.9 Å². The molecule has 1 atom stereocenters. The van der Waals surface area contributed by atoms with Crippen LogP contribution in [0.2, 0.25) is 5.02 Å². The predicted molar refractivity (Wildman–Crippen MR) is 105 cm³/mol. The van der Waals surface area contributed by atoms with Crippen molar-refractivity contribution in [1.82, 2.24) is 15.3 Å². The van der Waals surface area contributed by atoms with Crippen LogP contribution in [0.5, 0.6) is 0 Å². The number of aromatic amines is 1. The molecule has 0 aliphatic rings. The number of fused-ring (bicyclic) bond motifs is 1. The highest BCUT2D eigenvalue weighted by Crippen LogP contribution is 2.22. The number of amides is 1. The van der Waals surface area contributed by atoms with Gasteiger partial charge in [0.1, 0.15) is 11.6 Å². The maximum Gasteiger partial charge on any atom is 0.225 e. The summed E-state index contributed by atoms with van der Waals surface area (Å²) in [7, 11) is 0. The van der Waals surface area contributed by atoms with Gasteiger partial charge in [0.2, 0.25) is 5.91 Å². The Hall–Kier alpha value is -2.05. The van der Waals surface area contributed by atoms with Gasteiger partial charge in [-0.25, -0.2) is 9.37 Å². The predicted octanol–water partition coefficient (Wildman–Crippen LogP) is 4.51. The number of nitrogens with one attached hydrogen (secondary N) is 2. The number of imidazole rings is 1. The van der Waals surface area contributed by atoms with Crippen molar-refractivity contribution in [2.75, 3.05) is 12.0 Å². The van der Waals surface area contributed by atoms with Gasteiger partial charge in [-0.15, -0.1) is 0 Å². The topological polar surface area (TPSA) is 57.8 Å². The Kier molecular flexibility index (Phi) is 6.16. The van der Waals surface area contributed by atoms with Gasteiger partial charge in [-0.3, -0.25) is 4.79 Å². The van der Waals surface area contributed by atoms with Gasteiger partial charge < -0.3 is 10.3 Å². The van der Waals surface area contributed by atoms with Crippen LogP contribution in [0.1, 0.15) is 23.9 Å². The van der Waals surface area contributed by atoms with Crippen LogP contribution < -0.4 is 5.32 Å². The molecule has 0 saturated heterocycles. The summed E-state index contributed by atoms with van der Waals surface area (Å²) < 4.78 is 13.9. The first-order chi connectivity index (χ1) is 12.6. The SMILES string of the molecule is CSCC[C@H](NC(=O)Cc1c(F)cccc1Cl)c1nc2ccccc2[nH]1. The molecular formula is C19H19ClFN3OS. The summed E-state index contributed by atoms with van der Waals surface area (Å²) in [6, 6.07) is 11.8. The first-order valence-electron chi connectivity index (χ1n) is 8.24. The summed E-state index contributed by atoms with van der Waals surface area (Å²) in [6.07, 6.45) is 2.62. The molecule has 0 saturated carbocycles. The summed E-state index contributed by atoms with van der Waals surface area (Å²) in [5, 5.41) is 3.21. The number of rotatable bonds is 7. The van der Waals surface area contributed by atoms with E-state index in [0.717, 1.165) is 23.2 Å². The molecule has 0 fully saturated rings. The minimum absolute atomic E-state index is 0.110. The van der Waals surface area contributed by atoms with Gasteiger partial charge in [-0.2, -0.15) is 11.8 Å². The molecule has 0 spiro atoms. The van der Waals surface area contributed by atoms with E-state index in [0.29, 0.717) is 5.82 Å². The average molecular weight is 392 g/mol. The molecule has 2 aromatic carbocycles. The van der Waals surface area contributed by atoms with E-state index in [1.54, 1.807) is 17.8 Å². The minimum Gasteiger partial charge on any atom is -0.346 e. The second kappa shape index (κ2) is 8.56. The molecule has 26 heavy (non-hydrogen) atoms. The Morgan fingerprint density at radius 3 is 2.85 bits per heavy atom. The number of hydrogen-bond acceptors (Lipinski definition) is 3. The molecule has 0 aliphatic heterocycles. The van der Waals surface area contributed by atoms with Gasteiger partial charge in [-0.05, 0) is 42.7 Å². The Bertz CT molecular complexity index is 861. The van der Waals surface area contributed by atoms with Crippen molar-refractivity contribution in [3.63, 3.8) is 0 Å². The van der Waals surface area contributed by atoms with Crippen LogP contribution in [0.25, 0.3) is 11.0 Å². The van der Waals surface area contributed by atoms with E-state index >= 15 is 0 Å². The fourth-order valence-corrected chi connectivity index (χ4v) is 3.46. The second-order valence-corrected chi connectivity index (χ2v) is 7.31. The molecule has 4 nitrogen and oxygen atoms in total. The van der Waals surface area contributed by atoms with E-state index in [1.165, 1.54) is 12.1 Å². The van der Waals surface area contributed by atoms with Crippen LogP contribution in [0.3, 0.4) is 0 Å². The van der Waals surface area contributed by atoms with Crippen LogP contribution in [-0.4, -0.2) is 27.9 Å². The number of halogens is 2. The van der Waals surface area contributed by atoms with Gasteiger partial charge in [-0.1, -0.05) is 29.8 Å². The van der Waals surface area contributed by atoms with E-state index in [9.17, 15) is 9.18 Å². The fourth-order valence-electron chi connectivity index (χ4n) is 2.76. The van der Waals surface area contributed by atoms with Gasteiger partial charge in [0.05, 0.1) is 23.5 Å². The van der Waals surface area contributed by atoms with E-state index in [2.05, 4.69) is 15.3 Å². The van der Waals surface area contributed by atoms with Crippen LogP contribution in [0.15, 0.2) is 42.5 Å². The minimum atomic E-state index is -0.475. The lowest BCUT2D eigenvalue weighted by atomic mass is 10.1. The second-order valence-electron chi connectivity index (χ2n) is 5.92. The number of H-pyrrole nitrogens is 1. The quantitative estimate of drug-likeness (QED) is 0.623. The third-order valence-corrected chi connectivity index (χ3v) is 5.08. The van der Waals surface area contributed by atoms with Crippen LogP contribution in [0, 0.1) is 5.82 Å². The van der Waals surface area contributed by atoms with Crippen molar-refractivity contribution in [3.8, 4) is 0 Å². The molecule has 1 aromatic heterocycles.